The molecule has 1 aliphatic heterocycles. The number of carboxylic acid groups (broad SMARTS) is 1. The van der Waals surface area contributed by atoms with Gasteiger partial charge in [0.25, 0.3) is 0 Å². The highest BCUT2D eigenvalue weighted by Crippen LogP contribution is 2.18. The number of ether oxygens (including phenoxy) is 1. The number of carbonyl (C=O) groups is 1. The lowest BCUT2D eigenvalue weighted by Gasteiger charge is -2.14. The van der Waals surface area contributed by atoms with Crippen LogP contribution in [-0.2, 0) is 17.9 Å². The summed E-state index contributed by atoms with van der Waals surface area (Å²) < 4.78 is 8.08. The topological polar surface area (TPSA) is 122 Å². The number of likely N-dealkylation sites (tertiary alicyclic amines) is 1. The number of hydrogen-bond donors (Lipinski definition) is 2. The first-order valence-corrected chi connectivity index (χ1v) is 12.6. The predicted molar refractivity (Wildman–Crippen MR) is 139 cm³/mol. The van der Waals surface area contributed by atoms with Crippen LogP contribution in [0.1, 0.15) is 36.8 Å². The minimum absolute atomic E-state index is 0.0847. The number of aryl methyl sites for hydroxylation is 1. The van der Waals surface area contributed by atoms with Gasteiger partial charge in [-0.25, -0.2) is 19.1 Å². The Labute approximate surface area is 214 Å². The number of aliphatic carboxylic acids is 1. The second kappa shape index (κ2) is 12.4. The molecule has 1 fully saturated rings. The Morgan fingerprint density at radius 3 is 2.38 bits per heavy atom. The van der Waals surface area contributed by atoms with Crippen LogP contribution in [0.15, 0.2) is 63.1 Å². The van der Waals surface area contributed by atoms with E-state index in [1.807, 2.05) is 43.3 Å². The van der Waals surface area contributed by atoms with E-state index in [1.54, 1.807) is 12.1 Å². The molecule has 4 rings (SSSR count). The van der Waals surface area contributed by atoms with Gasteiger partial charge < -0.3 is 14.7 Å². The fraction of sp³-hybridized carbons (Fsp3) is 0.407. The van der Waals surface area contributed by atoms with Gasteiger partial charge in [0.2, 0.25) is 5.62 Å². The average Bonchev–Trinajstić information content (AvgIpc) is 3.40. The summed E-state index contributed by atoms with van der Waals surface area (Å²) in [6.45, 7) is 5.92. The Morgan fingerprint density at radius 2 is 1.70 bits per heavy atom. The molecule has 0 unspecified atom stereocenters. The van der Waals surface area contributed by atoms with Crippen LogP contribution in [0.4, 0.5) is 5.69 Å². The molecule has 2 heterocycles. The lowest BCUT2D eigenvalue weighted by molar-refractivity contribution is -0.137. The zero-order valence-corrected chi connectivity index (χ0v) is 21.1. The smallest absolute Gasteiger partial charge is 0.335 e. The molecule has 0 bridgehead atoms. The van der Waals surface area contributed by atoms with E-state index in [1.165, 1.54) is 30.5 Å². The minimum atomic E-state index is -1.09. The summed E-state index contributed by atoms with van der Waals surface area (Å²) >= 11 is 0. The molecule has 196 valence electrons. The summed E-state index contributed by atoms with van der Waals surface area (Å²) in [5.41, 5.74) is 1.23. The second-order valence-electron chi connectivity index (χ2n) is 9.26. The van der Waals surface area contributed by atoms with Crippen molar-refractivity contribution in [2.24, 2.45) is 4.99 Å². The summed E-state index contributed by atoms with van der Waals surface area (Å²) in [5.74, 6) is -0.367. The van der Waals surface area contributed by atoms with E-state index in [9.17, 15) is 14.4 Å². The third kappa shape index (κ3) is 7.29. The summed E-state index contributed by atoms with van der Waals surface area (Å²) in [6, 6.07) is 14.8. The molecule has 10 heteroatoms. The van der Waals surface area contributed by atoms with Crippen molar-refractivity contribution in [1.82, 2.24) is 19.0 Å². The molecule has 0 amide bonds. The van der Waals surface area contributed by atoms with E-state index < -0.39 is 17.3 Å². The lowest BCUT2D eigenvalue weighted by Crippen LogP contribution is -2.50. The molecule has 0 spiro atoms. The molecule has 0 saturated carbocycles. The molecule has 1 saturated heterocycles. The molecule has 0 aliphatic carbocycles. The summed E-state index contributed by atoms with van der Waals surface area (Å²) in [5, 5.41) is 9.01. The van der Waals surface area contributed by atoms with Gasteiger partial charge >= 0.3 is 17.3 Å². The normalized spacial score (nSPS) is 14.2. The second-order valence-corrected chi connectivity index (χ2v) is 9.26. The Kier molecular flexibility index (Phi) is 8.73. The van der Waals surface area contributed by atoms with Crippen LogP contribution in [0.3, 0.4) is 0 Å². The van der Waals surface area contributed by atoms with E-state index in [4.69, 9.17) is 9.84 Å². The van der Waals surface area contributed by atoms with Crippen molar-refractivity contribution in [3.63, 3.8) is 0 Å². The average molecular weight is 508 g/mol. The Balaban J connectivity index is 1.56. The molecule has 10 nitrogen and oxygen atoms in total. The highest BCUT2D eigenvalue weighted by atomic mass is 16.5. The summed E-state index contributed by atoms with van der Waals surface area (Å²) in [6.07, 6.45) is 3.17. The van der Waals surface area contributed by atoms with Crippen LogP contribution in [0, 0.1) is 6.92 Å². The third-order valence-corrected chi connectivity index (χ3v) is 6.35. The third-order valence-electron chi connectivity index (χ3n) is 6.35. The van der Waals surface area contributed by atoms with E-state index in [0.717, 1.165) is 34.4 Å². The van der Waals surface area contributed by atoms with E-state index in [-0.39, 0.29) is 25.1 Å². The van der Waals surface area contributed by atoms with Gasteiger partial charge in [0.05, 0.1) is 25.3 Å². The fourth-order valence-corrected chi connectivity index (χ4v) is 4.29. The maximum atomic E-state index is 13.2. The first-order chi connectivity index (χ1) is 17.9. The van der Waals surface area contributed by atoms with Crippen LogP contribution in [-0.4, -0.2) is 56.3 Å². The number of rotatable bonds is 11. The first kappa shape index (κ1) is 26.2. The molecule has 3 aromatic rings. The van der Waals surface area contributed by atoms with Crippen LogP contribution < -0.4 is 21.7 Å². The van der Waals surface area contributed by atoms with Gasteiger partial charge in [-0.2, -0.15) is 0 Å². The monoisotopic (exact) mass is 507 g/mol. The minimum Gasteiger partial charge on any atom is -0.494 e. The number of hydrogen-bond acceptors (Lipinski definition) is 6. The summed E-state index contributed by atoms with van der Waals surface area (Å²) in [7, 11) is 0. The van der Waals surface area contributed by atoms with Crippen LogP contribution in [0.2, 0.25) is 0 Å². The first-order valence-electron chi connectivity index (χ1n) is 12.6. The standard InChI is InChI=1S/C27H33N5O5/c1-20-5-7-21(8-6-20)19-32-25(29-26(35)31(27(32)36)17-13-24(33)34)28-22-9-11-23(12-10-22)37-18-4-16-30-14-2-3-15-30/h5-12H,2-4,13-19H2,1H3,(H,33,34)(H,28,29,35). The molecule has 1 aliphatic rings. The largest absolute Gasteiger partial charge is 0.494 e. The number of aromatic nitrogens is 3. The number of benzene rings is 2. The van der Waals surface area contributed by atoms with Crippen molar-refractivity contribution >= 4 is 11.7 Å². The SMILES string of the molecule is Cc1ccc(Cn2c(=O)n(CCC(=O)O)c(=O)[nH]/c2=N\c2ccc(OCCCN3CCCC3)cc2)cc1. The fourth-order valence-electron chi connectivity index (χ4n) is 4.29. The van der Waals surface area contributed by atoms with Crippen molar-refractivity contribution in [3.8, 4) is 5.75 Å². The van der Waals surface area contributed by atoms with Gasteiger partial charge in [0, 0.05) is 13.1 Å². The molecule has 1 aromatic heterocycles. The quantitative estimate of drug-likeness (QED) is 0.384. The van der Waals surface area contributed by atoms with Gasteiger partial charge in [-0.15, -0.1) is 0 Å². The maximum Gasteiger partial charge on any atom is 0.335 e. The number of aromatic amines is 1. The van der Waals surface area contributed by atoms with Crippen molar-refractivity contribution in [2.75, 3.05) is 26.2 Å². The highest BCUT2D eigenvalue weighted by molar-refractivity contribution is 5.66. The lowest BCUT2D eigenvalue weighted by atomic mass is 10.1. The van der Waals surface area contributed by atoms with Crippen molar-refractivity contribution in [3.05, 3.63) is 86.2 Å². The summed E-state index contributed by atoms with van der Waals surface area (Å²) in [4.78, 5) is 46.5. The van der Waals surface area contributed by atoms with Crippen LogP contribution in [0.5, 0.6) is 5.75 Å². The van der Waals surface area contributed by atoms with Gasteiger partial charge in [0.15, 0.2) is 0 Å². The number of nitrogens with zero attached hydrogens (tertiary/aromatic N) is 4. The molecule has 37 heavy (non-hydrogen) atoms. The molecular weight excluding hydrogens is 474 g/mol. The van der Waals surface area contributed by atoms with Crippen LogP contribution in [0.25, 0.3) is 0 Å². The van der Waals surface area contributed by atoms with Crippen molar-refractivity contribution in [2.45, 2.75) is 45.7 Å². The van der Waals surface area contributed by atoms with E-state index >= 15 is 0 Å². The van der Waals surface area contributed by atoms with Gasteiger partial charge in [-0.1, -0.05) is 29.8 Å². The van der Waals surface area contributed by atoms with Gasteiger partial charge in [-0.05, 0) is 69.1 Å². The number of H-pyrrole nitrogens is 1. The van der Waals surface area contributed by atoms with Gasteiger partial charge in [0.1, 0.15) is 5.75 Å². The van der Waals surface area contributed by atoms with Gasteiger partial charge in [-0.3, -0.25) is 14.3 Å². The predicted octanol–water partition coefficient (Wildman–Crippen LogP) is 2.27. The highest BCUT2D eigenvalue weighted by Gasteiger charge is 2.12. The van der Waals surface area contributed by atoms with E-state index in [0.29, 0.717) is 12.3 Å². The Bertz CT molecular complexity index is 1380. The molecular formula is C27H33N5O5. The zero-order chi connectivity index (χ0) is 26.2. The Morgan fingerprint density at radius 1 is 1.00 bits per heavy atom. The number of nitrogens with one attached hydrogen (secondary N) is 1. The van der Waals surface area contributed by atoms with Crippen molar-refractivity contribution in [1.29, 1.82) is 0 Å². The number of carboxylic acids is 1. The molecule has 0 atom stereocenters. The molecule has 2 N–H and O–H groups in total. The Hall–Kier alpha value is -3.92. The molecule has 2 aromatic carbocycles. The van der Waals surface area contributed by atoms with Crippen molar-refractivity contribution < 1.29 is 14.6 Å². The zero-order valence-electron chi connectivity index (χ0n) is 21.1. The maximum absolute atomic E-state index is 13.2. The van der Waals surface area contributed by atoms with Crippen LogP contribution >= 0.6 is 0 Å². The van der Waals surface area contributed by atoms with E-state index in [2.05, 4.69) is 14.9 Å². The molecule has 0 radical (unpaired) electrons.